The Morgan fingerprint density at radius 1 is 1.19 bits per heavy atom. The summed E-state index contributed by atoms with van der Waals surface area (Å²) in [5.74, 6) is 0. The second-order valence-corrected chi connectivity index (χ2v) is 6.21. The monoisotopic (exact) mass is 346 g/mol. The molecule has 0 aliphatic carbocycles. The lowest BCUT2D eigenvalue weighted by Crippen LogP contribution is -2.21. The Hall–Kier alpha value is -1.32. The largest absolute Gasteiger partial charge is 0.341 e. The van der Waals surface area contributed by atoms with Gasteiger partial charge in [0.15, 0.2) is 0 Å². The van der Waals surface area contributed by atoms with Crippen molar-refractivity contribution >= 4 is 27.3 Å². The molecular weight excluding hydrogens is 324 g/mol. The second-order valence-electron chi connectivity index (χ2n) is 5.30. The van der Waals surface area contributed by atoms with Gasteiger partial charge in [0.2, 0.25) is 0 Å². The van der Waals surface area contributed by atoms with Crippen LogP contribution in [0.2, 0.25) is 0 Å². The summed E-state index contributed by atoms with van der Waals surface area (Å²) in [4.78, 5) is 2.36. The molecule has 0 saturated heterocycles. The number of benzene rings is 2. The molecule has 0 saturated carbocycles. The van der Waals surface area contributed by atoms with E-state index in [1.807, 2.05) is 7.05 Å². The highest BCUT2D eigenvalue weighted by Crippen LogP contribution is 2.34. The summed E-state index contributed by atoms with van der Waals surface area (Å²) in [5, 5.41) is 3.34. The molecule has 0 amide bonds. The normalized spacial score (nSPS) is 12.2. The summed E-state index contributed by atoms with van der Waals surface area (Å²) < 4.78 is 1.11. The minimum absolute atomic E-state index is 0.312. The molecule has 2 nitrogen and oxygen atoms in total. The van der Waals surface area contributed by atoms with Crippen molar-refractivity contribution < 1.29 is 0 Å². The molecule has 0 aliphatic rings. The predicted octanol–water partition coefficient (Wildman–Crippen LogP) is 5.20. The number of rotatable bonds is 5. The van der Waals surface area contributed by atoms with Gasteiger partial charge in [0, 0.05) is 28.4 Å². The highest BCUT2D eigenvalue weighted by atomic mass is 79.9. The Bertz CT molecular complexity index is 610. The lowest BCUT2D eigenvalue weighted by molar-refractivity contribution is 0.651. The van der Waals surface area contributed by atoms with Gasteiger partial charge in [0.05, 0.1) is 0 Å². The van der Waals surface area contributed by atoms with E-state index in [2.05, 4.69) is 89.4 Å². The van der Waals surface area contributed by atoms with Crippen LogP contribution >= 0.6 is 15.9 Å². The number of aryl methyl sites for hydroxylation is 1. The first-order valence-corrected chi connectivity index (χ1v) is 8.17. The Labute approximate surface area is 136 Å². The molecule has 0 spiro atoms. The zero-order valence-electron chi connectivity index (χ0n) is 13.2. The van der Waals surface area contributed by atoms with Crippen molar-refractivity contribution in [1.82, 2.24) is 5.32 Å². The van der Waals surface area contributed by atoms with Gasteiger partial charge in [0.25, 0.3) is 0 Å². The molecule has 0 heterocycles. The van der Waals surface area contributed by atoms with Gasteiger partial charge in [-0.25, -0.2) is 0 Å². The average Bonchev–Trinajstić information content (AvgIpc) is 2.47. The molecule has 0 bridgehead atoms. The maximum Gasteiger partial charge on any atom is 0.0470 e. The van der Waals surface area contributed by atoms with Gasteiger partial charge < -0.3 is 10.2 Å². The molecule has 1 N–H and O–H groups in total. The molecule has 1 unspecified atom stereocenters. The van der Waals surface area contributed by atoms with Crippen LogP contribution in [0.25, 0.3) is 0 Å². The molecule has 1 atom stereocenters. The number of hydrogen-bond donors (Lipinski definition) is 1. The third-order valence-electron chi connectivity index (χ3n) is 3.81. The predicted molar refractivity (Wildman–Crippen MR) is 95.5 cm³/mol. The third kappa shape index (κ3) is 3.66. The Morgan fingerprint density at radius 2 is 1.95 bits per heavy atom. The molecular formula is C18H23BrN2. The van der Waals surface area contributed by atoms with Crippen LogP contribution in [0.4, 0.5) is 11.4 Å². The second kappa shape index (κ2) is 7.10. The van der Waals surface area contributed by atoms with E-state index in [-0.39, 0.29) is 0 Å². The van der Waals surface area contributed by atoms with E-state index >= 15 is 0 Å². The summed E-state index contributed by atoms with van der Waals surface area (Å²) in [5.41, 5.74) is 5.08. The highest BCUT2D eigenvalue weighted by Gasteiger charge is 2.16. The van der Waals surface area contributed by atoms with Gasteiger partial charge in [0.1, 0.15) is 0 Å². The Morgan fingerprint density at radius 3 is 2.57 bits per heavy atom. The summed E-state index contributed by atoms with van der Waals surface area (Å²) in [6.45, 7) is 7.45. The molecule has 21 heavy (non-hydrogen) atoms. The molecule has 2 aromatic rings. The quantitative estimate of drug-likeness (QED) is 0.800. The minimum atomic E-state index is 0.312. The lowest BCUT2D eigenvalue weighted by Gasteiger charge is -2.28. The van der Waals surface area contributed by atoms with E-state index in [4.69, 9.17) is 0 Å². The van der Waals surface area contributed by atoms with Crippen LogP contribution in [0.1, 0.15) is 31.0 Å². The van der Waals surface area contributed by atoms with Crippen molar-refractivity contribution in [2.24, 2.45) is 0 Å². The van der Waals surface area contributed by atoms with Crippen LogP contribution < -0.4 is 10.2 Å². The fraction of sp³-hybridized carbons (Fsp3) is 0.333. The van der Waals surface area contributed by atoms with Crippen molar-refractivity contribution in [3.05, 3.63) is 58.1 Å². The van der Waals surface area contributed by atoms with Crippen LogP contribution in [0.15, 0.2) is 46.9 Å². The summed E-state index contributed by atoms with van der Waals surface area (Å²) in [6, 6.07) is 15.5. The zero-order valence-corrected chi connectivity index (χ0v) is 14.7. The maximum absolute atomic E-state index is 3.60. The average molecular weight is 347 g/mol. The first-order valence-electron chi connectivity index (χ1n) is 7.37. The number of nitrogens with zero attached hydrogens (tertiary/aromatic N) is 1. The van der Waals surface area contributed by atoms with Crippen LogP contribution in [0, 0.1) is 6.92 Å². The van der Waals surface area contributed by atoms with Crippen molar-refractivity contribution in [3.63, 3.8) is 0 Å². The number of hydrogen-bond acceptors (Lipinski definition) is 2. The SMILES string of the molecule is CCN(c1cccc(C)c1)c1cc(Br)ccc1C(C)NC. The molecule has 2 aromatic carbocycles. The van der Waals surface area contributed by atoms with Crippen LogP contribution in [0.3, 0.4) is 0 Å². The van der Waals surface area contributed by atoms with Gasteiger partial charge in [-0.3, -0.25) is 0 Å². The third-order valence-corrected chi connectivity index (χ3v) is 4.31. The van der Waals surface area contributed by atoms with Crippen molar-refractivity contribution in [1.29, 1.82) is 0 Å². The molecule has 3 heteroatoms. The van der Waals surface area contributed by atoms with Crippen molar-refractivity contribution in [3.8, 4) is 0 Å². The molecule has 0 aromatic heterocycles. The first kappa shape index (κ1) is 16.1. The van der Waals surface area contributed by atoms with Crippen LogP contribution in [-0.2, 0) is 0 Å². The lowest BCUT2D eigenvalue weighted by atomic mass is 10.0. The molecule has 0 radical (unpaired) electrons. The van der Waals surface area contributed by atoms with E-state index < -0.39 is 0 Å². The molecule has 0 fully saturated rings. The zero-order chi connectivity index (χ0) is 15.4. The van der Waals surface area contributed by atoms with E-state index in [9.17, 15) is 0 Å². The maximum atomic E-state index is 3.60. The van der Waals surface area contributed by atoms with E-state index in [0.717, 1.165) is 11.0 Å². The summed E-state index contributed by atoms with van der Waals surface area (Å²) in [6.07, 6.45) is 0. The first-order chi connectivity index (χ1) is 10.1. The number of halogens is 1. The molecule has 0 aliphatic heterocycles. The number of anilines is 2. The van der Waals surface area contributed by atoms with Crippen LogP contribution in [-0.4, -0.2) is 13.6 Å². The summed E-state index contributed by atoms with van der Waals surface area (Å²) >= 11 is 3.60. The van der Waals surface area contributed by atoms with Crippen LogP contribution in [0.5, 0.6) is 0 Å². The van der Waals surface area contributed by atoms with Gasteiger partial charge in [-0.2, -0.15) is 0 Å². The van der Waals surface area contributed by atoms with Gasteiger partial charge in [-0.05, 0) is 63.2 Å². The van der Waals surface area contributed by atoms with E-state index in [1.165, 1.54) is 22.5 Å². The molecule has 112 valence electrons. The van der Waals surface area contributed by atoms with Crippen molar-refractivity contribution in [2.45, 2.75) is 26.8 Å². The van der Waals surface area contributed by atoms with Gasteiger partial charge >= 0.3 is 0 Å². The van der Waals surface area contributed by atoms with Gasteiger partial charge in [-0.1, -0.05) is 34.1 Å². The molecule has 2 rings (SSSR count). The summed E-state index contributed by atoms with van der Waals surface area (Å²) in [7, 11) is 2.00. The smallest absolute Gasteiger partial charge is 0.0470 e. The van der Waals surface area contributed by atoms with Gasteiger partial charge in [-0.15, -0.1) is 0 Å². The fourth-order valence-electron chi connectivity index (χ4n) is 2.56. The number of nitrogens with one attached hydrogen (secondary N) is 1. The van der Waals surface area contributed by atoms with E-state index in [0.29, 0.717) is 6.04 Å². The standard InChI is InChI=1S/C18H23BrN2/c1-5-21(16-8-6-7-13(2)11-16)18-12-15(19)9-10-17(18)14(3)20-4/h6-12,14,20H,5H2,1-4H3. The topological polar surface area (TPSA) is 15.3 Å². The Kier molecular flexibility index (Phi) is 5.43. The highest BCUT2D eigenvalue weighted by molar-refractivity contribution is 9.10. The van der Waals surface area contributed by atoms with E-state index in [1.54, 1.807) is 0 Å². The fourth-order valence-corrected chi connectivity index (χ4v) is 2.91. The van der Waals surface area contributed by atoms with Crippen molar-refractivity contribution in [2.75, 3.05) is 18.5 Å². The Balaban J connectivity index is 2.53. The minimum Gasteiger partial charge on any atom is -0.341 e.